The van der Waals surface area contributed by atoms with E-state index in [1.807, 2.05) is 0 Å². The van der Waals surface area contributed by atoms with Gasteiger partial charge in [-0.05, 0) is 35.9 Å². The Morgan fingerprint density at radius 2 is 0.952 bits per heavy atom. The Kier molecular flexibility index (Phi) is 4.03. The van der Waals surface area contributed by atoms with E-state index >= 15 is 0 Å². The predicted octanol–water partition coefficient (Wildman–Crippen LogP) is 2.79. The largest absolute Gasteiger partial charge is 0.207 e. The van der Waals surface area contributed by atoms with E-state index in [0.717, 1.165) is 21.1 Å². The zero-order valence-corrected chi connectivity index (χ0v) is 11.0. The SMILES string of the molecule is Cc1c(F)c(F)cc(F)c1[B]c1c(F)cc(F)c(F)c1C. The summed E-state index contributed by atoms with van der Waals surface area (Å²) < 4.78 is 80.3. The molecule has 21 heavy (non-hydrogen) atoms. The third-order valence-corrected chi connectivity index (χ3v) is 3.20. The summed E-state index contributed by atoms with van der Waals surface area (Å²) in [6.45, 7) is 2.20. The van der Waals surface area contributed by atoms with Crippen molar-refractivity contribution >= 4 is 18.2 Å². The van der Waals surface area contributed by atoms with E-state index in [4.69, 9.17) is 0 Å². The van der Waals surface area contributed by atoms with Crippen LogP contribution in [0.15, 0.2) is 12.1 Å². The molecule has 7 heteroatoms. The van der Waals surface area contributed by atoms with E-state index in [-0.39, 0.29) is 0 Å². The number of benzene rings is 2. The van der Waals surface area contributed by atoms with E-state index in [0.29, 0.717) is 12.1 Å². The van der Waals surface area contributed by atoms with Crippen LogP contribution in [0.3, 0.4) is 0 Å². The molecule has 0 aromatic heterocycles. The van der Waals surface area contributed by atoms with Crippen LogP contribution >= 0.6 is 0 Å². The van der Waals surface area contributed by atoms with E-state index in [2.05, 4.69) is 0 Å². The lowest BCUT2D eigenvalue weighted by Crippen LogP contribution is -2.37. The van der Waals surface area contributed by atoms with Crippen molar-refractivity contribution in [3.05, 3.63) is 58.2 Å². The summed E-state index contributed by atoms with van der Waals surface area (Å²) in [6, 6.07) is 0.614. The maximum Gasteiger partial charge on any atom is 0.200 e. The lowest BCUT2D eigenvalue weighted by molar-refractivity contribution is 0.491. The van der Waals surface area contributed by atoms with Crippen molar-refractivity contribution in [1.82, 2.24) is 0 Å². The van der Waals surface area contributed by atoms with Gasteiger partial charge in [0.1, 0.15) is 11.6 Å². The quantitative estimate of drug-likeness (QED) is 0.454. The zero-order valence-electron chi connectivity index (χ0n) is 11.0. The molecule has 0 aliphatic heterocycles. The number of rotatable bonds is 2. The second kappa shape index (κ2) is 5.46. The molecule has 0 atom stereocenters. The molecule has 0 fully saturated rings. The standard InChI is InChI=1S/C14H8BF6/c1-5-11(7(16)3-9(18)13(5)20)15-12-6(2)14(21)10(19)4-8(12)17/h3-4H,1-2H3. The highest BCUT2D eigenvalue weighted by molar-refractivity contribution is 6.68. The average Bonchev–Trinajstić information content (AvgIpc) is 2.42. The van der Waals surface area contributed by atoms with Crippen LogP contribution in [-0.2, 0) is 0 Å². The summed E-state index contributed by atoms with van der Waals surface area (Å²) >= 11 is 0. The Morgan fingerprint density at radius 1 is 0.619 bits per heavy atom. The Hall–Kier alpha value is -1.92. The van der Waals surface area contributed by atoms with E-state index in [1.165, 1.54) is 0 Å². The summed E-state index contributed by atoms with van der Waals surface area (Å²) in [5, 5.41) is 0. The van der Waals surface area contributed by atoms with Crippen molar-refractivity contribution in [3.8, 4) is 0 Å². The van der Waals surface area contributed by atoms with Crippen molar-refractivity contribution in [1.29, 1.82) is 0 Å². The van der Waals surface area contributed by atoms with Gasteiger partial charge in [0.25, 0.3) is 0 Å². The summed E-state index contributed by atoms with van der Waals surface area (Å²) in [6.07, 6.45) is 0. The fourth-order valence-electron chi connectivity index (χ4n) is 1.96. The molecular weight excluding hydrogens is 293 g/mol. The van der Waals surface area contributed by atoms with Gasteiger partial charge in [0.2, 0.25) is 0 Å². The summed E-state index contributed by atoms with van der Waals surface area (Å²) in [7, 11) is 0.820. The fourth-order valence-corrected chi connectivity index (χ4v) is 1.96. The summed E-state index contributed by atoms with van der Waals surface area (Å²) in [5.74, 6) is -7.61. The van der Waals surface area contributed by atoms with Gasteiger partial charge in [-0.1, -0.05) is 0 Å². The van der Waals surface area contributed by atoms with Crippen molar-refractivity contribution in [2.24, 2.45) is 0 Å². The molecule has 0 saturated carbocycles. The minimum absolute atomic E-state index is 0.307. The van der Waals surface area contributed by atoms with Crippen LogP contribution in [0.2, 0.25) is 0 Å². The Labute approximate surface area is 117 Å². The van der Waals surface area contributed by atoms with Gasteiger partial charge in [-0.3, -0.25) is 0 Å². The fraction of sp³-hybridized carbons (Fsp3) is 0.143. The molecule has 0 aliphatic rings. The smallest absolute Gasteiger partial charge is 0.200 e. The highest BCUT2D eigenvalue weighted by atomic mass is 19.2. The van der Waals surface area contributed by atoms with E-state index < -0.39 is 57.0 Å². The molecule has 1 radical (unpaired) electrons. The van der Waals surface area contributed by atoms with Gasteiger partial charge < -0.3 is 0 Å². The van der Waals surface area contributed by atoms with Crippen molar-refractivity contribution in [2.75, 3.05) is 0 Å². The van der Waals surface area contributed by atoms with Gasteiger partial charge in [-0.15, -0.1) is 0 Å². The maximum atomic E-state index is 13.7. The van der Waals surface area contributed by atoms with Crippen LogP contribution in [-0.4, -0.2) is 7.28 Å². The molecule has 2 aromatic rings. The van der Waals surface area contributed by atoms with Gasteiger partial charge in [-0.2, -0.15) is 0 Å². The average molecular weight is 301 g/mol. The molecule has 2 rings (SSSR count). The van der Waals surface area contributed by atoms with Crippen molar-refractivity contribution < 1.29 is 26.3 Å². The first kappa shape index (κ1) is 15.5. The minimum atomic E-state index is -1.38. The second-order valence-electron chi connectivity index (χ2n) is 4.53. The van der Waals surface area contributed by atoms with Crippen molar-refractivity contribution in [3.63, 3.8) is 0 Å². The second-order valence-corrected chi connectivity index (χ2v) is 4.53. The molecule has 0 bridgehead atoms. The molecule has 0 unspecified atom stereocenters. The van der Waals surface area contributed by atoms with Gasteiger partial charge in [0.05, 0.1) is 0 Å². The lowest BCUT2D eigenvalue weighted by Gasteiger charge is -2.12. The van der Waals surface area contributed by atoms with Gasteiger partial charge in [0, 0.05) is 12.1 Å². The molecule has 0 N–H and O–H groups in total. The summed E-state index contributed by atoms with van der Waals surface area (Å²) in [4.78, 5) is 0. The van der Waals surface area contributed by atoms with Gasteiger partial charge >= 0.3 is 0 Å². The van der Waals surface area contributed by atoms with Crippen LogP contribution in [0.1, 0.15) is 11.1 Å². The molecule has 0 saturated heterocycles. The molecule has 0 nitrogen and oxygen atoms in total. The summed E-state index contributed by atoms with van der Waals surface area (Å²) in [5.41, 5.74) is -1.64. The minimum Gasteiger partial charge on any atom is -0.207 e. The van der Waals surface area contributed by atoms with Crippen LogP contribution < -0.4 is 10.9 Å². The van der Waals surface area contributed by atoms with E-state index in [9.17, 15) is 26.3 Å². The zero-order chi connectivity index (χ0) is 15.9. The molecule has 2 aromatic carbocycles. The van der Waals surface area contributed by atoms with Gasteiger partial charge in [-0.25, -0.2) is 26.3 Å². The molecule has 0 amide bonds. The Balaban J connectivity index is 2.59. The topological polar surface area (TPSA) is 0 Å². The van der Waals surface area contributed by atoms with E-state index in [1.54, 1.807) is 0 Å². The molecule has 0 heterocycles. The number of hydrogen-bond donors (Lipinski definition) is 0. The number of halogens is 6. The van der Waals surface area contributed by atoms with Crippen LogP contribution in [0.4, 0.5) is 26.3 Å². The van der Waals surface area contributed by atoms with Gasteiger partial charge in [0.15, 0.2) is 30.5 Å². The predicted molar refractivity (Wildman–Crippen MR) is 67.1 cm³/mol. The Morgan fingerprint density at radius 3 is 1.29 bits per heavy atom. The monoisotopic (exact) mass is 301 g/mol. The third kappa shape index (κ3) is 2.64. The van der Waals surface area contributed by atoms with Crippen LogP contribution in [0.5, 0.6) is 0 Å². The normalized spacial score (nSPS) is 10.9. The number of hydrogen-bond acceptors (Lipinski definition) is 0. The molecule has 0 aliphatic carbocycles. The highest BCUT2D eigenvalue weighted by Crippen LogP contribution is 2.14. The van der Waals surface area contributed by atoms with Crippen LogP contribution in [0, 0.1) is 48.8 Å². The third-order valence-electron chi connectivity index (χ3n) is 3.20. The lowest BCUT2D eigenvalue weighted by atomic mass is 9.60. The maximum absolute atomic E-state index is 13.7. The first-order valence-electron chi connectivity index (χ1n) is 5.87. The van der Waals surface area contributed by atoms with Crippen molar-refractivity contribution in [2.45, 2.75) is 13.8 Å². The molecule has 109 valence electrons. The molecule has 0 spiro atoms. The Bertz CT molecular complexity index is 665. The first-order valence-corrected chi connectivity index (χ1v) is 5.87. The highest BCUT2D eigenvalue weighted by Gasteiger charge is 2.21. The van der Waals surface area contributed by atoms with Crippen LogP contribution in [0.25, 0.3) is 0 Å². The molecular formula is C14H8BF6. The first-order chi connectivity index (χ1) is 9.73.